The number of hydrogen-bond acceptors (Lipinski definition) is 2. The Kier molecular flexibility index (Phi) is 3.63. The topological polar surface area (TPSA) is 26.3 Å². The second-order valence-corrected chi connectivity index (χ2v) is 4.10. The van der Waals surface area contributed by atoms with Crippen LogP contribution >= 0.6 is 11.6 Å². The summed E-state index contributed by atoms with van der Waals surface area (Å²) >= 11 is 6.01. The lowest BCUT2D eigenvalue weighted by Gasteiger charge is -2.06. The maximum Gasteiger partial charge on any atom is 0.339 e. The number of ether oxygens (including phenoxy) is 1. The van der Waals surface area contributed by atoms with E-state index < -0.39 is 5.97 Å². The molecule has 92 valence electrons. The maximum atomic E-state index is 12.8. The van der Waals surface area contributed by atoms with E-state index in [2.05, 4.69) is 4.74 Å². The second-order valence-electron chi connectivity index (χ2n) is 3.69. The van der Waals surface area contributed by atoms with Crippen molar-refractivity contribution in [3.05, 3.63) is 58.9 Å². The molecule has 0 spiro atoms. The molecule has 0 bridgehead atoms. The van der Waals surface area contributed by atoms with Crippen LogP contribution in [0.1, 0.15) is 10.4 Å². The molecule has 18 heavy (non-hydrogen) atoms. The molecule has 0 fully saturated rings. The molecule has 0 aliphatic carbocycles. The lowest BCUT2D eigenvalue weighted by Crippen LogP contribution is -2.01. The van der Waals surface area contributed by atoms with Crippen LogP contribution in [0.3, 0.4) is 0 Å². The zero-order valence-electron chi connectivity index (χ0n) is 9.61. The Bertz CT molecular complexity index is 579. The fourth-order valence-electron chi connectivity index (χ4n) is 1.61. The molecule has 0 heterocycles. The molecular weight excluding hydrogens is 255 g/mol. The Morgan fingerprint density at radius 1 is 1.11 bits per heavy atom. The fourth-order valence-corrected chi connectivity index (χ4v) is 1.87. The monoisotopic (exact) mass is 264 g/mol. The van der Waals surface area contributed by atoms with Gasteiger partial charge in [0.15, 0.2) is 0 Å². The Balaban J connectivity index is 2.40. The van der Waals surface area contributed by atoms with Crippen molar-refractivity contribution in [2.45, 2.75) is 0 Å². The van der Waals surface area contributed by atoms with E-state index in [1.807, 2.05) is 0 Å². The Morgan fingerprint density at radius 3 is 2.28 bits per heavy atom. The minimum absolute atomic E-state index is 0.295. The van der Waals surface area contributed by atoms with Gasteiger partial charge in [-0.15, -0.1) is 0 Å². The van der Waals surface area contributed by atoms with Gasteiger partial charge in [0.1, 0.15) is 5.82 Å². The molecule has 0 atom stereocenters. The minimum atomic E-state index is -0.481. The van der Waals surface area contributed by atoms with Crippen molar-refractivity contribution >= 4 is 17.6 Å². The predicted molar refractivity (Wildman–Crippen MR) is 68.2 cm³/mol. The van der Waals surface area contributed by atoms with Gasteiger partial charge in [-0.25, -0.2) is 9.18 Å². The van der Waals surface area contributed by atoms with E-state index in [0.717, 1.165) is 11.1 Å². The summed E-state index contributed by atoms with van der Waals surface area (Å²) in [5, 5.41) is 0.309. The third-order valence-electron chi connectivity index (χ3n) is 2.55. The summed E-state index contributed by atoms with van der Waals surface area (Å²) in [6, 6.07) is 11.0. The SMILES string of the molecule is COC(=O)c1ccc(-c2ccc(F)cc2)cc1Cl. The highest BCUT2D eigenvalue weighted by Crippen LogP contribution is 2.26. The van der Waals surface area contributed by atoms with Crippen LogP contribution in [-0.2, 0) is 4.74 Å². The number of carbonyl (C=O) groups excluding carboxylic acids is 1. The minimum Gasteiger partial charge on any atom is -0.465 e. The van der Waals surface area contributed by atoms with Crippen LogP contribution in [0.5, 0.6) is 0 Å². The first kappa shape index (κ1) is 12.6. The van der Waals surface area contributed by atoms with Crippen molar-refractivity contribution in [2.75, 3.05) is 7.11 Å². The quantitative estimate of drug-likeness (QED) is 0.768. The number of benzene rings is 2. The highest BCUT2D eigenvalue weighted by atomic mass is 35.5. The van der Waals surface area contributed by atoms with Gasteiger partial charge in [-0.3, -0.25) is 0 Å². The summed E-state index contributed by atoms with van der Waals surface area (Å²) in [6.07, 6.45) is 0. The summed E-state index contributed by atoms with van der Waals surface area (Å²) in [7, 11) is 1.30. The first-order chi connectivity index (χ1) is 8.61. The van der Waals surface area contributed by atoms with E-state index in [4.69, 9.17) is 11.6 Å². The largest absolute Gasteiger partial charge is 0.465 e. The number of esters is 1. The van der Waals surface area contributed by atoms with Crippen LogP contribution < -0.4 is 0 Å². The summed E-state index contributed by atoms with van der Waals surface area (Å²) in [5.41, 5.74) is 1.95. The van der Waals surface area contributed by atoms with Crippen LogP contribution in [-0.4, -0.2) is 13.1 Å². The summed E-state index contributed by atoms with van der Waals surface area (Å²) < 4.78 is 17.4. The Labute approximate surface area is 109 Å². The molecule has 0 N–H and O–H groups in total. The molecule has 2 rings (SSSR count). The van der Waals surface area contributed by atoms with Crippen molar-refractivity contribution in [2.24, 2.45) is 0 Å². The normalized spacial score (nSPS) is 10.2. The molecule has 0 radical (unpaired) electrons. The molecule has 0 aromatic heterocycles. The van der Waals surface area contributed by atoms with Gasteiger partial charge in [0, 0.05) is 0 Å². The molecule has 4 heteroatoms. The third-order valence-corrected chi connectivity index (χ3v) is 2.86. The highest BCUT2D eigenvalue weighted by molar-refractivity contribution is 6.33. The maximum absolute atomic E-state index is 12.8. The molecule has 0 amide bonds. The molecule has 0 saturated heterocycles. The average molecular weight is 265 g/mol. The zero-order valence-corrected chi connectivity index (χ0v) is 10.4. The lowest BCUT2D eigenvalue weighted by molar-refractivity contribution is 0.0601. The number of halogens is 2. The van der Waals surface area contributed by atoms with Crippen LogP contribution in [0.4, 0.5) is 4.39 Å². The Hall–Kier alpha value is -1.87. The van der Waals surface area contributed by atoms with Crippen LogP contribution in [0.25, 0.3) is 11.1 Å². The zero-order chi connectivity index (χ0) is 13.1. The van der Waals surface area contributed by atoms with E-state index in [9.17, 15) is 9.18 Å². The van der Waals surface area contributed by atoms with Crippen LogP contribution in [0.2, 0.25) is 5.02 Å². The first-order valence-electron chi connectivity index (χ1n) is 5.25. The van der Waals surface area contributed by atoms with Crippen molar-refractivity contribution in [3.8, 4) is 11.1 Å². The Morgan fingerprint density at radius 2 is 1.72 bits per heavy atom. The fraction of sp³-hybridized carbons (Fsp3) is 0.0714. The van der Waals surface area contributed by atoms with Gasteiger partial charge in [0.05, 0.1) is 17.7 Å². The van der Waals surface area contributed by atoms with Gasteiger partial charge in [0.25, 0.3) is 0 Å². The first-order valence-corrected chi connectivity index (χ1v) is 5.63. The predicted octanol–water partition coefficient (Wildman–Crippen LogP) is 3.93. The van der Waals surface area contributed by atoms with Crippen LogP contribution in [0.15, 0.2) is 42.5 Å². The van der Waals surface area contributed by atoms with Gasteiger partial charge in [0.2, 0.25) is 0 Å². The average Bonchev–Trinajstić information content (AvgIpc) is 2.38. The van der Waals surface area contributed by atoms with E-state index in [1.165, 1.54) is 19.2 Å². The van der Waals surface area contributed by atoms with Crippen molar-refractivity contribution in [3.63, 3.8) is 0 Å². The molecule has 2 aromatic rings. The van der Waals surface area contributed by atoms with Gasteiger partial charge in [-0.1, -0.05) is 29.8 Å². The molecule has 0 saturated carbocycles. The number of rotatable bonds is 2. The van der Waals surface area contributed by atoms with E-state index >= 15 is 0 Å². The smallest absolute Gasteiger partial charge is 0.339 e. The highest BCUT2D eigenvalue weighted by Gasteiger charge is 2.11. The number of hydrogen-bond donors (Lipinski definition) is 0. The summed E-state index contributed by atoms with van der Waals surface area (Å²) in [6.45, 7) is 0. The summed E-state index contributed by atoms with van der Waals surface area (Å²) in [5.74, 6) is -0.776. The van der Waals surface area contributed by atoms with E-state index in [1.54, 1.807) is 30.3 Å². The molecule has 0 aliphatic rings. The van der Waals surface area contributed by atoms with Crippen LogP contribution in [0, 0.1) is 5.82 Å². The molecular formula is C14H10ClFO2. The summed E-state index contributed by atoms with van der Waals surface area (Å²) in [4.78, 5) is 11.4. The molecule has 2 nitrogen and oxygen atoms in total. The molecule has 0 unspecified atom stereocenters. The van der Waals surface area contributed by atoms with Gasteiger partial charge >= 0.3 is 5.97 Å². The van der Waals surface area contributed by atoms with Crippen molar-refractivity contribution in [1.82, 2.24) is 0 Å². The van der Waals surface area contributed by atoms with Gasteiger partial charge in [-0.05, 0) is 35.4 Å². The van der Waals surface area contributed by atoms with Gasteiger partial charge < -0.3 is 4.74 Å². The third kappa shape index (κ3) is 2.51. The van der Waals surface area contributed by atoms with Gasteiger partial charge in [-0.2, -0.15) is 0 Å². The van der Waals surface area contributed by atoms with Crippen molar-refractivity contribution < 1.29 is 13.9 Å². The molecule has 0 aliphatic heterocycles. The van der Waals surface area contributed by atoms with E-state index in [0.29, 0.717) is 10.6 Å². The number of methoxy groups -OCH3 is 1. The second kappa shape index (κ2) is 5.19. The van der Waals surface area contributed by atoms with Crippen molar-refractivity contribution in [1.29, 1.82) is 0 Å². The molecule has 2 aromatic carbocycles. The number of carbonyl (C=O) groups is 1. The standard InChI is InChI=1S/C14H10ClFO2/c1-18-14(17)12-7-4-10(8-13(12)15)9-2-5-11(16)6-3-9/h2-8H,1H3. The lowest BCUT2D eigenvalue weighted by atomic mass is 10.0. The van der Waals surface area contributed by atoms with E-state index in [-0.39, 0.29) is 5.82 Å².